The lowest BCUT2D eigenvalue weighted by atomic mass is 9.75. The van der Waals surface area contributed by atoms with E-state index >= 15 is 0 Å². The van der Waals surface area contributed by atoms with Crippen LogP contribution in [0.2, 0.25) is 0 Å². The van der Waals surface area contributed by atoms with Gasteiger partial charge in [0.25, 0.3) is 0 Å². The van der Waals surface area contributed by atoms with E-state index in [0.717, 1.165) is 32.1 Å². The molecular weight excluding hydrogens is 188 g/mol. The molecule has 3 nitrogen and oxygen atoms in total. The van der Waals surface area contributed by atoms with Crippen LogP contribution in [0.5, 0.6) is 0 Å². The number of nitrogens with zero attached hydrogens (tertiary/aromatic N) is 2. The molecule has 82 valence electrons. The molecule has 3 heteroatoms. The van der Waals surface area contributed by atoms with Crippen LogP contribution in [0.25, 0.3) is 0 Å². The lowest BCUT2D eigenvalue weighted by molar-refractivity contribution is -0.121. The van der Waals surface area contributed by atoms with E-state index in [4.69, 9.17) is 5.26 Å². The third-order valence-corrected chi connectivity index (χ3v) is 3.84. The van der Waals surface area contributed by atoms with Crippen molar-refractivity contribution < 1.29 is 4.79 Å². The SMILES string of the molecule is CC1(C#N)CCC(N(C=O)C2CC2)CC1. The quantitative estimate of drug-likeness (QED) is 0.663. The summed E-state index contributed by atoms with van der Waals surface area (Å²) in [5.74, 6) is 0. The molecule has 0 saturated heterocycles. The molecule has 2 fully saturated rings. The van der Waals surface area contributed by atoms with Gasteiger partial charge in [-0.1, -0.05) is 0 Å². The second kappa shape index (κ2) is 3.84. The first-order valence-corrected chi connectivity index (χ1v) is 5.82. The Balaban J connectivity index is 1.92. The molecule has 2 saturated carbocycles. The van der Waals surface area contributed by atoms with Gasteiger partial charge in [-0.3, -0.25) is 4.79 Å². The molecular formula is C12H18N2O. The molecule has 1 amide bonds. The van der Waals surface area contributed by atoms with Gasteiger partial charge in [0, 0.05) is 12.1 Å². The summed E-state index contributed by atoms with van der Waals surface area (Å²) in [5.41, 5.74) is -0.144. The Morgan fingerprint density at radius 2 is 1.80 bits per heavy atom. The molecule has 0 unspecified atom stereocenters. The van der Waals surface area contributed by atoms with E-state index in [0.29, 0.717) is 12.1 Å². The van der Waals surface area contributed by atoms with Gasteiger partial charge < -0.3 is 4.90 Å². The van der Waals surface area contributed by atoms with Crippen LogP contribution < -0.4 is 0 Å². The highest BCUT2D eigenvalue weighted by atomic mass is 16.1. The molecule has 0 aromatic heterocycles. The van der Waals surface area contributed by atoms with Crippen LogP contribution in [-0.4, -0.2) is 23.4 Å². The van der Waals surface area contributed by atoms with Crippen molar-refractivity contribution in [3.05, 3.63) is 0 Å². The minimum absolute atomic E-state index is 0.144. The van der Waals surface area contributed by atoms with Gasteiger partial charge in [-0.05, 0) is 45.4 Å². The van der Waals surface area contributed by atoms with Gasteiger partial charge in [0.05, 0.1) is 11.5 Å². The summed E-state index contributed by atoms with van der Waals surface area (Å²) in [6, 6.07) is 3.31. The van der Waals surface area contributed by atoms with Crippen LogP contribution in [0.4, 0.5) is 0 Å². The first kappa shape index (κ1) is 10.5. The standard InChI is InChI=1S/C12H18N2O/c1-12(8-13)6-4-11(5-7-12)14(9-15)10-2-3-10/h9-11H,2-7H2,1H3. The molecule has 0 bridgehead atoms. The van der Waals surface area contributed by atoms with E-state index in [1.54, 1.807) is 0 Å². The number of carbonyl (C=O) groups excluding carboxylic acids is 1. The van der Waals surface area contributed by atoms with E-state index in [1.807, 2.05) is 11.8 Å². The summed E-state index contributed by atoms with van der Waals surface area (Å²) in [4.78, 5) is 13.0. The van der Waals surface area contributed by atoms with Gasteiger partial charge in [-0.2, -0.15) is 5.26 Å². The minimum Gasteiger partial charge on any atom is -0.339 e. The maximum atomic E-state index is 11.0. The third-order valence-electron chi connectivity index (χ3n) is 3.84. The fourth-order valence-corrected chi connectivity index (χ4v) is 2.49. The maximum Gasteiger partial charge on any atom is 0.210 e. The monoisotopic (exact) mass is 206 g/mol. The van der Waals surface area contributed by atoms with Crippen LogP contribution in [0.3, 0.4) is 0 Å². The Morgan fingerprint density at radius 3 is 2.20 bits per heavy atom. The number of carbonyl (C=O) groups is 1. The van der Waals surface area contributed by atoms with Crippen LogP contribution in [0.15, 0.2) is 0 Å². The molecule has 2 aliphatic carbocycles. The third kappa shape index (κ3) is 2.14. The van der Waals surface area contributed by atoms with Crippen LogP contribution in [0, 0.1) is 16.7 Å². The average Bonchev–Trinajstić information content (AvgIpc) is 3.07. The zero-order valence-corrected chi connectivity index (χ0v) is 9.28. The number of hydrogen-bond acceptors (Lipinski definition) is 2. The fraction of sp³-hybridized carbons (Fsp3) is 0.833. The molecule has 2 aliphatic rings. The smallest absolute Gasteiger partial charge is 0.210 e. The number of hydrogen-bond donors (Lipinski definition) is 0. The van der Waals surface area contributed by atoms with Gasteiger partial charge in [0.1, 0.15) is 0 Å². The summed E-state index contributed by atoms with van der Waals surface area (Å²) in [5, 5.41) is 9.02. The normalized spacial score (nSPS) is 35.6. The molecule has 0 aliphatic heterocycles. The average molecular weight is 206 g/mol. The molecule has 0 heterocycles. The lowest BCUT2D eigenvalue weighted by Crippen LogP contribution is -2.40. The summed E-state index contributed by atoms with van der Waals surface area (Å²) in [7, 11) is 0. The lowest BCUT2D eigenvalue weighted by Gasteiger charge is -2.37. The Morgan fingerprint density at radius 1 is 1.27 bits per heavy atom. The predicted molar refractivity (Wildman–Crippen MR) is 56.9 cm³/mol. The predicted octanol–water partition coefficient (Wildman–Crippen LogP) is 2.08. The van der Waals surface area contributed by atoms with E-state index in [-0.39, 0.29) is 5.41 Å². The van der Waals surface area contributed by atoms with Crippen LogP contribution >= 0.6 is 0 Å². The molecule has 0 radical (unpaired) electrons. The number of amides is 1. The van der Waals surface area contributed by atoms with Crippen molar-refractivity contribution in [3.63, 3.8) is 0 Å². The zero-order chi connectivity index (χ0) is 10.9. The summed E-state index contributed by atoms with van der Waals surface area (Å²) in [6.45, 7) is 2.03. The van der Waals surface area contributed by atoms with Gasteiger partial charge >= 0.3 is 0 Å². The Hall–Kier alpha value is -1.04. The van der Waals surface area contributed by atoms with Gasteiger partial charge in [0.2, 0.25) is 6.41 Å². The van der Waals surface area contributed by atoms with Crippen molar-refractivity contribution in [1.82, 2.24) is 4.90 Å². The molecule has 0 aromatic rings. The van der Waals surface area contributed by atoms with Crippen LogP contribution in [0.1, 0.15) is 45.4 Å². The second-order valence-electron chi connectivity index (χ2n) is 5.19. The first-order chi connectivity index (χ1) is 7.18. The molecule has 0 N–H and O–H groups in total. The second-order valence-corrected chi connectivity index (χ2v) is 5.19. The van der Waals surface area contributed by atoms with E-state index < -0.39 is 0 Å². The number of nitriles is 1. The fourth-order valence-electron chi connectivity index (χ4n) is 2.49. The molecule has 0 atom stereocenters. The van der Waals surface area contributed by atoms with Crippen molar-refractivity contribution in [2.75, 3.05) is 0 Å². The highest BCUT2D eigenvalue weighted by Crippen LogP contribution is 2.39. The first-order valence-electron chi connectivity index (χ1n) is 5.82. The Kier molecular flexibility index (Phi) is 2.68. The van der Waals surface area contributed by atoms with Crippen molar-refractivity contribution in [1.29, 1.82) is 5.26 Å². The van der Waals surface area contributed by atoms with Crippen LogP contribution in [-0.2, 0) is 4.79 Å². The number of rotatable bonds is 3. The molecule has 15 heavy (non-hydrogen) atoms. The van der Waals surface area contributed by atoms with Gasteiger partial charge in [0.15, 0.2) is 0 Å². The van der Waals surface area contributed by atoms with Gasteiger partial charge in [-0.15, -0.1) is 0 Å². The highest BCUT2D eigenvalue weighted by molar-refractivity contribution is 5.49. The molecule has 2 rings (SSSR count). The topological polar surface area (TPSA) is 44.1 Å². The highest BCUT2D eigenvalue weighted by Gasteiger charge is 2.38. The van der Waals surface area contributed by atoms with Crippen molar-refractivity contribution >= 4 is 6.41 Å². The van der Waals surface area contributed by atoms with Crippen molar-refractivity contribution in [2.45, 2.75) is 57.5 Å². The Labute approximate surface area is 91.1 Å². The maximum absolute atomic E-state index is 11.0. The van der Waals surface area contributed by atoms with Crippen molar-refractivity contribution in [2.24, 2.45) is 5.41 Å². The molecule has 0 spiro atoms. The summed E-state index contributed by atoms with van der Waals surface area (Å²) >= 11 is 0. The Bertz CT molecular complexity index is 282. The summed E-state index contributed by atoms with van der Waals surface area (Å²) in [6.07, 6.45) is 7.22. The minimum atomic E-state index is -0.144. The zero-order valence-electron chi connectivity index (χ0n) is 9.28. The van der Waals surface area contributed by atoms with E-state index in [2.05, 4.69) is 6.07 Å². The summed E-state index contributed by atoms with van der Waals surface area (Å²) < 4.78 is 0. The molecule has 0 aromatic carbocycles. The largest absolute Gasteiger partial charge is 0.339 e. The van der Waals surface area contributed by atoms with Crippen molar-refractivity contribution in [3.8, 4) is 6.07 Å². The van der Waals surface area contributed by atoms with E-state index in [9.17, 15) is 4.79 Å². The van der Waals surface area contributed by atoms with E-state index in [1.165, 1.54) is 12.8 Å². The van der Waals surface area contributed by atoms with Gasteiger partial charge in [-0.25, -0.2) is 0 Å².